The van der Waals surface area contributed by atoms with Gasteiger partial charge in [0, 0.05) is 18.1 Å². The first kappa shape index (κ1) is 26.7. The third-order valence-corrected chi connectivity index (χ3v) is 6.56. The molecule has 1 N–H and O–H groups in total. The van der Waals surface area contributed by atoms with Gasteiger partial charge in [-0.1, -0.05) is 49.7 Å². The highest BCUT2D eigenvalue weighted by molar-refractivity contribution is 7.92. The first-order valence-corrected chi connectivity index (χ1v) is 13.2. The number of hydrogen-bond donors (Lipinski definition) is 1. The molecule has 0 heterocycles. The van der Waals surface area contributed by atoms with Crippen LogP contribution in [-0.4, -0.2) is 50.5 Å². The van der Waals surface area contributed by atoms with Crippen LogP contribution in [0.2, 0.25) is 5.02 Å². The van der Waals surface area contributed by atoms with Gasteiger partial charge in [0.25, 0.3) is 0 Å². The molecule has 2 amide bonds. The van der Waals surface area contributed by atoms with Crippen molar-refractivity contribution in [2.75, 3.05) is 23.7 Å². The van der Waals surface area contributed by atoms with Crippen molar-refractivity contribution >= 4 is 39.1 Å². The van der Waals surface area contributed by atoms with Crippen molar-refractivity contribution in [2.45, 2.75) is 46.2 Å². The van der Waals surface area contributed by atoms with Crippen LogP contribution in [0.5, 0.6) is 0 Å². The number of sulfonamides is 1. The molecule has 0 aliphatic carbocycles. The number of amides is 2. The zero-order valence-electron chi connectivity index (χ0n) is 19.5. The van der Waals surface area contributed by atoms with E-state index in [9.17, 15) is 18.0 Å². The second-order valence-corrected chi connectivity index (χ2v) is 10.3. The van der Waals surface area contributed by atoms with Gasteiger partial charge in [0.05, 0.1) is 11.9 Å². The summed E-state index contributed by atoms with van der Waals surface area (Å²) in [6.45, 7) is 5.87. The summed E-state index contributed by atoms with van der Waals surface area (Å²) in [5.74, 6) is -0.724. The quantitative estimate of drug-likeness (QED) is 0.516. The van der Waals surface area contributed by atoms with Gasteiger partial charge in [-0.2, -0.15) is 0 Å². The molecule has 0 spiro atoms. The summed E-state index contributed by atoms with van der Waals surface area (Å²) in [5, 5.41) is 3.41. The second-order valence-electron chi connectivity index (χ2n) is 7.97. The molecule has 1 atom stereocenters. The van der Waals surface area contributed by atoms with E-state index in [1.165, 1.54) is 4.90 Å². The van der Waals surface area contributed by atoms with Crippen LogP contribution in [-0.2, 0) is 26.2 Å². The second kappa shape index (κ2) is 12.0. The maximum atomic E-state index is 13.5. The number of carbonyl (C=O) groups is 2. The van der Waals surface area contributed by atoms with Crippen molar-refractivity contribution < 1.29 is 18.0 Å². The highest BCUT2D eigenvalue weighted by Crippen LogP contribution is 2.21. The van der Waals surface area contributed by atoms with Gasteiger partial charge in [-0.3, -0.25) is 13.9 Å². The number of halogens is 1. The van der Waals surface area contributed by atoms with E-state index in [-0.39, 0.29) is 12.5 Å². The van der Waals surface area contributed by atoms with Crippen molar-refractivity contribution in [2.24, 2.45) is 0 Å². The molecule has 33 heavy (non-hydrogen) atoms. The van der Waals surface area contributed by atoms with E-state index in [4.69, 9.17) is 11.6 Å². The fourth-order valence-electron chi connectivity index (χ4n) is 3.47. The van der Waals surface area contributed by atoms with Crippen LogP contribution < -0.4 is 9.62 Å². The molecule has 0 fully saturated rings. The lowest BCUT2D eigenvalue weighted by molar-refractivity contribution is -0.140. The first-order chi connectivity index (χ1) is 15.6. The molecule has 0 aliphatic heterocycles. The van der Waals surface area contributed by atoms with Crippen molar-refractivity contribution in [3.63, 3.8) is 0 Å². The molecule has 180 valence electrons. The van der Waals surface area contributed by atoms with Gasteiger partial charge in [-0.05, 0) is 55.2 Å². The normalized spacial score (nSPS) is 12.2. The van der Waals surface area contributed by atoms with Gasteiger partial charge in [-0.15, -0.1) is 0 Å². The van der Waals surface area contributed by atoms with E-state index in [2.05, 4.69) is 5.32 Å². The Morgan fingerprint density at radius 3 is 2.30 bits per heavy atom. The third kappa shape index (κ3) is 7.75. The molecule has 0 aromatic heterocycles. The summed E-state index contributed by atoms with van der Waals surface area (Å²) in [4.78, 5) is 27.8. The van der Waals surface area contributed by atoms with Gasteiger partial charge in [-0.25, -0.2) is 8.42 Å². The van der Waals surface area contributed by atoms with Crippen molar-refractivity contribution in [3.8, 4) is 0 Å². The average molecular weight is 494 g/mol. The van der Waals surface area contributed by atoms with Gasteiger partial charge in [0.2, 0.25) is 21.8 Å². The monoisotopic (exact) mass is 493 g/mol. The van der Waals surface area contributed by atoms with Gasteiger partial charge >= 0.3 is 0 Å². The molecule has 2 rings (SSSR count). The molecule has 0 radical (unpaired) electrons. The minimum Gasteiger partial charge on any atom is -0.354 e. The van der Waals surface area contributed by atoms with E-state index in [0.29, 0.717) is 23.7 Å². The molecule has 0 bridgehead atoms. The number of rotatable bonds is 11. The predicted octanol–water partition coefficient (Wildman–Crippen LogP) is 3.75. The highest BCUT2D eigenvalue weighted by atomic mass is 35.5. The third-order valence-electron chi connectivity index (χ3n) is 5.17. The van der Waals surface area contributed by atoms with Crippen LogP contribution in [0, 0.1) is 6.92 Å². The number of anilines is 1. The predicted molar refractivity (Wildman–Crippen MR) is 133 cm³/mol. The molecular formula is C24H32ClN3O4S. The fraction of sp³-hybridized carbons (Fsp3) is 0.417. The number of aryl methyl sites for hydroxylation is 1. The number of carbonyl (C=O) groups excluding carboxylic acids is 2. The molecule has 2 aromatic rings. The Hall–Kier alpha value is -2.58. The minimum atomic E-state index is -3.74. The lowest BCUT2D eigenvalue weighted by Crippen LogP contribution is -2.52. The van der Waals surface area contributed by atoms with Crippen molar-refractivity contribution in [1.82, 2.24) is 10.2 Å². The molecule has 7 nitrogen and oxygen atoms in total. The minimum absolute atomic E-state index is 0.152. The number of benzene rings is 2. The summed E-state index contributed by atoms with van der Waals surface area (Å²) in [5.41, 5.74) is 2.06. The molecule has 0 saturated heterocycles. The van der Waals surface area contributed by atoms with Crippen molar-refractivity contribution in [3.05, 3.63) is 64.7 Å². The molecule has 9 heteroatoms. The van der Waals surface area contributed by atoms with Crippen LogP contribution in [0.3, 0.4) is 0 Å². The smallest absolute Gasteiger partial charge is 0.244 e. The first-order valence-electron chi connectivity index (χ1n) is 10.9. The maximum absolute atomic E-state index is 13.5. The average Bonchev–Trinajstić information content (AvgIpc) is 2.76. The van der Waals surface area contributed by atoms with E-state index in [1.807, 2.05) is 26.8 Å². The Balaban J connectivity index is 2.41. The summed E-state index contributed by atoms with van der Waals surface area (Å²) in [7, 11) is -3.74. The standard InChI is InChI=1S/C24H32ClN3O4S/c1-5-14-26-24(30)22(6-2)27(16-19-10-12-20(25)13-11-19)23(29)17-28(33(4,31)32)21-9-7-8-18(3)15-21/h7-13,15,22H,5-6,14,16-17H2,1-4H3,(H,26,30)/t22-/m1/s1. The number of nitrogens with zero attached hydrogens (tertiary/aromatic N) is 2. The Bertz CT molecular complexity index is 1060. The molecular weight excluding hydrogens is 462 g/mol. The molecule has 0 unspecified atom stereocenters. The van der Waals surface area contributed by atoms with Gasteiger partial charge in [0.1, 0.15) is 12.6 Å². The van der Waals surface area contributed by atoms with E-state index in [0.717, 1.165) is 28.1 Å². The molecule has 2 aromatic carbocycles. The van der Waals surface area contributed by atoms with Crippen LogP contribution in [0.15, 0.2) is 48.5 Å². The van der Waals surface area contributed by atoms with Crippen LogP contribution in [0.4, 0.5) is 5.69 Å². The van der Waals surface area contributed by atoms with Crippen molar-refractivity contribution in [1.29, 1.82) is 0 Å². The summed E-state index contributed by atoms with van der Waals surface area (Å²) < 4.78 is 26.2. The molecule has 0 aliphatic rings. The molecule has 0 saturated carbocycles. The maximum Gasteiger partial charge on any atom is 0.244 e. The van der Waals surface area contributed by atoms with Crippen LogP contribution in [0.25, 0.3) is 0 Å². The van der Waals surface area contributed by atoms with E-state index >= 15 is 0 Å². The number of nitrogens with one attached hydrogen (secondary N) is 1. The van der Waals surface area contributed by atoms with Crippen LogP contribution in [0.1, 0.15) is 37.8 Å². The Labute approximate surface area is 201 Å². The Morgan fingerprint density at radius 1 is 1.09 bits per heavy atom. The topological polar surface area (TPSA) is 86.8 Å². The highest BCUT2D eigenvalue weighted by Gasteiger charge is 2.31. The largest absolute Gasteiger partial charge is 0.354 e. The zero-order chi connectivity index (χ0) is 24.6. The Morgan fingerprint density at radius 2 is 1.76 bits per heavy atom. The number of hydrogen-bond acceptors (Lipinski definition) is 4. The van der Waals surface area contributed by atoms with E-state index in [1.54, 1.807) is 42.5 Å². The summed E-state index contributed by atoms with van der Waals surface area (Å²) in [6.07, 6.45) is 2.22. The SMILES string of the molecule is CCCNC(=O)[C@@H](CC)N(Cc1ccc(Cl)cc1)C(=O)CN(c1cccc(C)c1)S(C)(=O)=O. The summed E-state index contributed by atoms with van der Waals surface area (Å²) in [6, 6.07) is 13.2. The van der Waals surface area contributed by atoms with Gasteiger partial charge in [0.15, 0.2) is 0 Å². The van der Waals surface area contributed by atoms with E-state index < -0.39 is 28.5 Å². The zero-order valence-corrected chi connectivity index (χ0v) is 21.1. The Kier molecular flexibility index (Phi) is 9.73. The van der Waals surface area contributed by atoms with Gasteiger partial charge < -0.3 is 10.2 Å². The fourth-order valence-corrected chi connectivity index (χ4v) is 4.44. The van der Waals surface area contributed by atoms with Crippen LogP contribution >= 0.6 is 11.6 Å². The lowest BCUT2D eigenvalue weighted by atomic mass is 10.1. The summed E-state index contributed by atoms with van der Waals surface area (Å²) >= 11 is 5.99. The lowest BCUT2D eigenvalue weighted by Gasteiger charge is -2.33.